The van der Waals surface area contributed by atoms with Crippen molar-refractivity contribution in [3.05, 3.63) is 42.1 Å². The first-order valence-electron chi connectivity index (χ1n) is 6.69. The van der Waals surface area contributed by atoms with Crippen molar-refractivity contribution >= 4 is 11.9 Å². The van der Waals surface area contributed by atoms with Crippen LogP contribution in [0.2, 0.25) is 0 Å². The van der Waals surface area contributed by atoms with E-state index in [9.17, 15) is 4.79 Å². The third-order valence-corrected chi connectivity index (χ3v) is 2.84. The van der Waals surface area contributed by atoms with Crippen LogP contribution in [-0.4, -0.2) is 26.2 Å². The zero-order valence-corrected chi connectivity index (χ0v) is 11.8. The van der Waals surface area contributed by atoms with Crippen molar-refractivity contribution in [2.75, 3.05) is 5.32 Å². The number of rotatable bonds is 5. The molecule has 0 saturated heterocycles. The number of carbonyl (C=O) groups excluding carboxylic acids is 1. The fourth-order valence-corrected chi connectivity index (χ4v) is 1.82. The second kappa shape index (κ2) is 6.17. The molecule has 0 bridgehead atoms. The Morgan fingerprint density at radius 2 is 1.95 bits per heavy atom. The van der Waals surface area contributed by atoms with E-state index < -0.39 is 0 Å². The van der Waals surface area contributed by atoms with Crippen LogP contribution in [-0.2, 0) is 11.2 Å². The summed E-state index contributed by atoms with van der Waals surface area (Å²) >= 11 is 0. The molecule has 0 aliphatic heterocycles. The van der Waals surface area contributed by atoms with E-state index in [0.29, 0.717) is 24.0 Å². The molecule has 0 atom stereocenters. The van der Waals surface area contributed by atoms with E-state index >= 15 is 0 Å². The minimum absolute atomic E-state index is 0.151. The lowest BCUT2D eigenvalue weighted by Crippen LogP contribution is -2.13. The first-order chi connectivity index (χ1) is 10.7. The maximum atomic E-state index is 11.7. The van der Waals surface area contributed by atoms with Crippen LogP contribution in [0.15, 0.2) is 39.4 Å². The molecule has 0 fully saturated rings. The molecule has 0 unspecified atom stereocenters. The van der Waals surface area contributed by atoms with Gasteiger partial charge in [0.1, 0.15) is 0 Å². The van der Waals surface area contributed by atoms with Gasteiger partial charge in [0.05, 0.1) is 0 Å². The van der Waals surface area contributed by atoms with Gasteiger partial charge in [0.2, 0.25) is 23.5 Å². The SMILES string of the molecule is Cc1nc(NC(=O)CCc2nc(-c3ccccc3)no2)no1. The molecule has 0 aliphatic rings. The van der Waals surface area contributed by atoms with Crippen LogP contribution >= 0.6 is 0 Å². The smallest absolute Gasteiger partial charge is 0.270 e. The molecule has 8 nitrogen and oxygen atoms in total. The van der Waals surface area contributed by atoms with Crippen LogP contribution < -0.4 is 5.32 Å². The van der Waals surface area contributed by atoms with Crippen LogP contribution in [0.5, 0.6) is 0 Å². The van der Waals surface area contributed by atoms with Crippen molar-refractivity contribution in [3.63, 3.8) is 0 Å². The van der Waals surface area contributed by atoms with Crippen LogP contribution in [0.1, 0.15) is 18.2 Å². The number of hydrogen-bond acceptors (Lipinski definition) is 7. The first kappa shape index (κ1) is 13.9. The Bertz CT molecular complexity index is 766. The lowest BCUT2D eigenvalue weighted by atomic mass is 10.2. The highest BCUT2D eigenvalue weighted by molar-refractivity contribution is 5.88. The molecule has 1 amide bonds. The lowest BCUT2D eigenvalue weighted by molar-refractivity contribution is -0.116. The van der Waals surface area contributed by atoms with E-state index in [1.54, 1.807) is 6.92 Å². The zero-order chi connectivity index (χ0) is 15.4. The number of anilines is 1. The molecule has 0 radical (unpaired) electrons. The number of benzene rings is 1. The summed E-state index contributed by atoms with van der Waals surface area (Å²) in [6.07, 6.45) is 0.520. The van der Waals surface area contributed by atoms with Crippen LogP contribution in [0.3, 0.4) is 0 Å². The minimum Gasteiger partial charge on any atom is -0.339 e. The summed E-state index contributed by atoms with van der Waals surface area (Å²) in [5.41, 5.74) is 0.865. The molecule has 22 heavy (non-hydrogen) atoms. The van der Waals surface area contributed by atoms with Crippen molar-refractivity contribution in [1.29, 1.82) is 0 Å². The molecule has 112 valence electrons. The van der Waals surface area contributed by atoms with Crippen LogP contribution in [0, 0.1) is 6.92 Å². The monoisotopic (exact) mass is 299 g/mol. The van der Waals surface area contributed by atoms with Crippen molar-refractivity contribution in [2.45, 2.75) is 19.8 Å². The average molecular weight is 299 g/mol. The first-order valence-corrected chi connectivity index (χ1v) is 6.69. The normalized spacial score (nSPS) is 10.6. The molecule has 0 saturated carbocycles. The molecule has 1 aromatic carbocycles. The summed E-state index contributed by atoms with van der Waals surface area (Å²) < 4.78 is 9.90. The van der Waals surface area contributed by atoms with Crippen molar-refractivity contribution < 1.29 is 13.8 Å². The van der Waals surface area contributed by atoms with E-state index in [-0.39, 0.29) is 18.3 Å². The maximum Gasteiger partial charge on any atom is 0.270 e. The second-order valence-electron chi connectivity index (χ2n) is 4.56. The average Bonchev–Trinajstić information content (AvgIpc) is 3.15. The number of amides is 1. The molecule has 2 aromatic heterocycles. The fraction of sp³-hybridized carbons (Fsp3) is 0.214. The van der Waals surface area contributed by atoms with E-state index in [2.05, 4.69) is 25.6 Å². The molecule has 3 aromatic rings. The van der Waals surface area contributed by atoms with Gasteiger partial charge in [0, 0.05) is 25.3 Å². The molecule has 8 heteroatoms. The van der Waals surface area contributed by atoms with Gasteiger partial charge in [0.25, 0.3) is 5.95 Å². The summed E-state index contributed by atoms with van der Waals surface area (Å²) in [4.78, 5) is 19.9. The summed E-state index contributed by atoms with van der Waals surface area (Å²) in [5.74, 6) is 1.20. The highest BCUT2D eigenvalue weighted by Gasteiger charge is 2.12. The second-order valence-corrected chi connectivity index (χ2v) is 4.56. The quantitative estimate of drug-likeness (QED) is 0.767. The maximum absolute atomic E-state index is 11.7. The number of aryl methyl sites for hydroxylation is 2. The summed E-state index contributed by atoms with van der Waals surface area (Å²) in [6.45, 7) is 1.65. The summed E-state index contributed by atoms with van der Waals surface area (Å²) in [7, 11) is 0. The van der Waals surface area contributed by atoms with Gasteiger partial charge in [-0.1, -0.05) is 35.5 Å². The van der Waals surface area contributed by atoms with Crippen LogP contribution in [0.25, 0.3) is 11.4 Å². The lowest BCUT2D eigenvalue weighted by Gasteiger charge is -1.97. The Balaban J connectivity index is 1.56. The fourth-order valence-electron chi connectivity index (χ4n) is 1.82. The Morgan fingerprint density at radius 1 is 1.14 bits per heavy atom. The molecule has 1 N–H and O–H groups in total. The van der Waals surface area contributed by atoms with Gasteiger partial charge in [-0.15, -0.1) is 0 Å². The number of carbonyl (C=O) groups is 1. The predicted molar refractivity (Wildman–Crippen MR) is 75.7 cm³/mol. The molecule has 0 spiro atoms. The topological polar surface area (TPSA) is 107 Å². The zero-order valence-electron chi connectivity index (χ0n) is 11.8. The standard InChI is InChI=1S/C14H13N5O3/c1-9-15-14(19-21-9)16-11(20)7-8-12-17-13(18-22-12)10-5-3-2-4-6-10/h2-6H,7-8H2,1H3,(H,16,19,20). The third-order valence-electron chi connectivity index (χ3n) is 2.84. The van der Waals surface area contributed by atoms with E-state index in [0.717, 1.165) is 5.56 Å². The number of nitrogens with one attached hydrogen (secondary N) is 1. The van der Waals surface area contributed by atoms with Crippen molar-refractivity contribution in [1.82, 2.24) is 20.3 Å². The third kappa shape index (κ3) is 3.35. The Hall–Kier alpha value is -3.03. The Kier molecular flexibility index (Phi) is 3.90. The number of nitrogens with zero attached hydrogens (tertiary/aromatic N) is 4. The molecule has 0 aliphatic carbocycles. The predicted octanol–water partition coefficient (Wildman–Crippen LogP) is 2.00. The van der Waals surface area contributed by atoms with E-state index in [1.165, 1.54) is 0 Å². The largest absolute Gasteiger partial charge is 0.339 e. The Labute approximate surface area is 125 Å². The Morgan fingerprint density at radius 3 is 2.68 bits per heavy atom. The van der Waals surface area contributed by atoms with Gasteiger partial charge < -0.3 is 9.05 Å². The highest BCUT2D eigenvalue weighted by atomic mass is 16.5. The van der Waals surface area contributed by atoms with Gasteiger partial charge in [-0.05, 0) is 5.16 Å². The van der Waals surface area contributed by atoms with Gasteiger partial charge in [-0.3, -0.25) is 10.1 Å². The van der Waals surface area contributed by atoms with Gasteiger partial charge in [0.15, 0.2) is 0 Å². The van der Waals surface area contributed by atoms with Crippen molar-refractivity contribution in [3.8, 4) is 11.4 Å². The number of aromatic nitrogens is 4. The van der Waals surface area contributed by atoms with Gasteiger partial charge >= 0.3 is 0 Å². The van der Waals surface area contributed by atoms with E-state index in [1.807, 2.05) is 30.3 Å². The molecule has 2 heterocycles. The summed E-state index contributed by atoms with van der Waals surface area (Å²) in [5, 5.41) is 10.0. The van der Waals surface area contributed by atoms with Crippen molar-refractivity contribution in [2.24, 2.45) is 0 Å². The molecule has 3 rings (SSSR count). The van der Waals surface area contributed by atoms with Gasteiger partial charge in [-0.25, -0.2) is 0 Å². The summed E-state index contributed by atoms with van der Waals surface area (Å²) in [6, 6.07) is 9.48. The van der Waals surface area contributed by atoms with E-state index in [4.69, 9.17) is 9.05 Å². The molecular weight excluding hydrogens is 286 g/mol. The van der Waals surface area contributed by atoms with Crippen LogP contribution in [0.4, 0.5) is 5.95 Å². The molecular formula is C14H13N5O3. The van der Waals surface area contributed by atoms with Gasteiger partial charge in [-0.2, -0.15) is 9.97 Å². The minimum atomic E-state index is -0.250. The highest BCUT2D eigenvalue weighted by Crippen LogP contribution is 2.15. The number of hydrogen-bond donors (Lipinski definition) is 1.